The summed E-state index contributed by atoms with van der Waals surface area (Å²) in [6.07, 6.45) is 2.76. The lowest BCUT2D eigenvalue weighted by atomic mass is 10.4. The Morgan fingerprint density at radius 1 is 1.67 bits per heavy atom. The van der Waals surface area contributed by atoms with Crippen molar-refractivity contribution in [1.29, 1.82) is 10.8 Å². The second-order valence-corrected chi connectivity index (χ2v) is 1.43. The molecule has 5 N–H and O–H groups in total. The van der Waals surface area contributed by atoms with E-state index in [2.05, 4.69) is 5.32 Å². The van der Waals surface area contributed by atoms with Crippen LogP contribution in [0, 0.1) is 10.8 Å². The van der Waals surface area contributed by atoms with Crippen molar-refractivity contribution in [2.75, 3.05) is 0 Å². The minimum Gasteiger partial charge on any atom is -0.370 e. The first-order chi connectivity index (χ1) is 4.20. The van der Waals surface area contributed by atoms with Crippen LogP contribution >= 0.6 is 0 Å². The monoisotopic (exact) mass is 126 g/mol. The minimum atomic E-state index is -0.147. The predicted octanol–water partition coefficient (Wildman–Crippen LogP) is 0.0228. The van der Waals surface area contributed by atoms with Crippen molar-refractivity contribution >= 4 is 12.2 Å². The number of hydrogen-bond acceptors (Lipinski definition) is 2. The van der Waals surface area contributed by atoms with Crippen molar-refractivity contribution < 1.29 is 0 Å². The molecule has 0 unspecified atom stereocenters. The van der Waals surface area contributed by atoms with Gasteiger partial charge in [0.15, 0.2) is 5.96 Å². The standard InChI is InChI=1S/C5H10N4/c1-2-4(3-6)9-5(7)8/h2-3,6H,1H3,(H4,7,8,9)/b4-2+,6-3?. The fraction of sp³-hybridized carbons (Fsp3) is 0.200. The third kappa shape index (κ3) is 3.28. The highest BCUT2D eigenvalue weighted by atomic mass is 15.0. The zero-order chi connectivity index (χ0) is 7.28. The van der Waals surface area contributed by atoms with Crippen LogP contribution in [0.4, 0.5) is 0 Å². The quantitative estimate of drug-likeness (QED) is 0.310. The summed E-state index contributed by atoms with van der Waals surface area (Å²) < 4.78 is 0. The normalized spacial score (nSPS) is 10.6. The molecule has 0 saturated carbocycles. The molecule has 4 heteroatoms. The van der Waals surface area contributed by atoms with Gasteiger partial charge in [0.1, 0.15) is 0 Å². The van der Waals surface area contributed by atoms with Gasteiger partial charge in [-0.05, 0) is 6.92 Å². The zero-order valence-electron chi connectivity index (χ0n) is 5.23. The van der Waals surface area contributed by atoms with E-state index in [9.17, 15) is 0 Å². The lowest BCUT2D eigenvalue weighted by Gasteiger charge is -1.99. The molecule has 0 bridgehead atoms. The molecular formula is C5H10N4. The first kappa shape index (κ1) is 7.68. The maximum absolute atomic E-state index is 6.75. The van der Waals surface area contributed by atoms with Gasteiger partial charge in [0.2, 0.25) is 0 Å². The summed E-state index contributed by atoms with van der Waals surface area (Å²) in [7, 11) is 0. The van der Waals surface area contributed by atoms with Gasteiger partial charge in [-0.3, -0.25) is 5.41 Å². The summed E-state index contributed by atoms with van der Waals surface area (Å²) in [6.45, 7) is 1.76. The van der Waals surface area contributed by atoms with Crippen LogP contribution in [0.5, 0.6) is 0 Å². The van der Waals surface area contributed by atoms with E-state index in [0.29, 0.717) is 5.70 Å². The zero-order valence-corrected chi connectivity index (χ0v) is 5.23. The number of rotatable bonds is 2. The summed E-state index contributed by atoms with van der Waals surface area (Å²) in [4.78, 5) is 0. The van der Waals surface area contributed by atoms with E-state index in [1.54, 1.807) is 13.0 Å². The van der Waals surface area contributed by atoms with Crippen LogP contribution in [-0.2, 0) is 0 Å². The van der Waals surface area contributed by atoms with Gasteiger partial charge in [-0.1, -0.05) is 6.08 Å². The molecule has 0 rings (SSSR count). The summed E-state index contributed by atoms with van der Waals surface area (Å²) in [6, 6.07) is 0. The van der Waals surface area contributed by atoms with Gasteiger partial charge in [-0.2, -0.15) is 0 Å². The Morgan fingerprint density at radius 2 is 2.22 bits per heavy atom. The molecule has 0 aliphatic rings. The molecule has 0 saturated heterocycles. The third-order valence-corrected chi connectivity index (χ3v) is 0.746. The van der Waals surface area contributed by atoms with Crippen LogP contribution in [0.2, 0.25) is 0 Å². The number of hydrogen-bond donors (Lipinski definition) is 4. The second kappa shape index (κ2) is 3.65. The lowest BCUT2D eigenvalue weighted by Crippen LogP contribution is -2.29. The Kier molecular flexibility index (Phi) is 3.12. The Bertz CT molecular complexity index is 147. The van der Waals surface area contributed by atoms with E-state index in [-0.39, 0.29) is 5.96 Å². The lowest BCUT2D eigenvalue weighted by molar-refractivity contribution is 1.14. The molecule has 0 spiro atoms. The molecule has 0 aromatic carbocycles. The van der Waals surface area contributed by atoms with Gasteiger partial charge in [0.05, 0.1) is 5.70 Å². The fourth-order valence-corrected chi connectivity index (χ4v) is 0.347. The first-order valence-electron chi connectivity index (χ1n) is 2.48. The Hall–Kier alpha value is -1.32. The third-order valence-electron chi connectivity index (χ3n) is 0.746. The average molecular weight is 126 g/mol. The summed E-state index contributed by atoms with van der Waals surface area (Å²) >= 11 is 0. The topological polar surface area (TPSA) is 85.8 Å². The Balaban J connectivity index is 3.86. The number of allylic oxidation sites excluding steroid dienone is 2. The minimum absolute atomic E-state index is 0.147. The van der Waals surface area contributed by atoms with E-state index in [1.165, 1.54) is 0 Å². The average Bonchev–Trinajstić information content (AvgIpc) is 1.82. The second-order valence-electron chi connectivity index (χ2n) is 1.43. The van der Waals surface area contributed by atoms with Crippen LogP contribution in [-0.4, -0.2) is 12.2 Å². The number of guanidine groups is 1. The van der Waals surface area contributed by atoms with Crippen LogP contribution < -0.4 is 11.1 Å². The molecule has 0 aromatic heterocycles. The smallest absolute Gasteiger partial charge is 0.190 e. The van der Waals surface area contributed by atoms with E-state index >= 15 is 0 Å². The molecule has 0 fully saturated rings. The molecule has 0 radical (unpaired) electrons. The SMILES string of the molecule is C/C=C(\C=N)NC(=N)N. The maximum atomic E-state index is 6.75. The fourth-order valence-electron chi connectivity index (χ4n) is 0.347. The van der Waals surface area contributed by atoms with Crippen LogP contribution in [0.1, 0.15) is 6.92 Å². The van der Waals surface area contributed by atoms with Gasteiger partial charge in [0, 0.05) is 6.21 Å². The largest absolute Gasteiger partial charge is 0.370 e. The molecule has 0 aliphatic carbocycles. The Labute approximate surface area is 53.8 Å². The van der Waals surface area contributed by atoms with Gasteiger partial charge < -0.3 is 16.5 Å². The van der Waals surface area contributed by atoms with Crippen LogP contribution in [0.25, 0.3) is 0 Å². The number of nitrogens with two attached hydrogens (primary N) is 1. The summed E-state index contributed by atoms with van der Waals surface area (Å²) in [5.74, 6) is -0.147. The molecule has 9 heavy (non-hydrogen) atoms. The highest BCUT2D eigenvalue weighted by molar-refractivity contribution is 5.85. The van der Waals surface area contributed by atoms with E-state index in [0.717, 1.165) is 6.21 Å². The molecule has 0 aromatic rings. The summed E-state index contributed by atoms with van der Waals surface area (Å²) in [5, 5.41) is 16.0. The molecule has 0 amide bonds. The van der Waals surface area contributed by atoms with Gasteiger partial charge in [0.25, 0.3) is 0 Å². The van der Waals surface area contributed by atoms with Crippen LogP contribution in [0.3, 0.4) is 0 Å². The highest BCUT2D eigenvalue weighted by Gasteiger charge is 1.87. The van der Waals surface area contributed by atoms with E-state index in [1.807, 2.05) is 0 Å². The molecule has 4 nitrogen and oxygen atoms in total. The molecule has 0 aliphatic heterocycles. The molecule has 0 heterocycles. The van der Waals surface area contributed by atoms with Crippen molar-refractivity contribution in [2.24, 2.45) is 5.73 Å². The highest BCUT2D eigenvalue weighted by Crippen LogP contribution is 1.78. The van der Waals surface area contributed by atoms with Gasteiger partial charge in [-0.15, -0.1) is 0 Å². The Morgan fingerprint density at radius 3 is 2.33 bits per heavy atom. The number of nitrogens with one attached hydrogen (secondary N) is 3. The van der Waals surface area contributed by atoms with E-state index < -0.39 is 0 Å². The predicted molar refractivity (Wildman–Crippen MR) is 37.6 cm³/mol. The first-order valence-corrected chi connectivity index (χ1v) is 2.48. The van der Waals surface area contributed by atoms with Crippen molar-refractivity contribution in [3.63, 3.8) is 0 Å². The van der Waals surface area contributed by atoms with Crippen molar-refractivity contribution in [1.82, 2.24) is 5.32 Å². The van der Waals surface area contributed by atoms with Crippen molar-refractivity contribution in [2.45, 2.75) is 6.92 Å². The summed E-state index contributed by atoms with van der Waals surface area (Å²) in [5.41, 5.74) is 5.50. The van der Waals surface area contributed by atoms with Crippen LogP contribution in [0.15, 0.2) is 11.8 Å². The van der Waals surface area contributed by atoms with E-state index in [4.69, 9.17) is 16.6 Å². The van der Waals surface area contributed by atoms with Gasteiger partial charge >= 0.3 is 0 Å². The van der Waals surface area contributed by atoms with Crippen molar-refractivity contribution in [3.05, 3.63) is 11.8 Å². The molecule has 50 valence electrons. The maximum Gasteiger partial charge on any atom is 0.190 e. The molecule has 0 atom stereocenters. The molecular weight excluding hydrogens is 116 g/mol. The van der Waals surface area contributed by atoms with Crippen molar-refractivity contribution in [3.8, 4) is 0 Å². The van der Waals surface area contributed by atoms with Gasteiger partial charge in [-0.25, -0.2) is 0 Å².